The van der Waals surface area contributed by atoms with Crippen LogP contribution in [0.25, 0.3) is 10.9 Å². The number of H-pyrrole nitrogens is 1. The highest BCUT2D eigenvalue weighted by Crippen LogP contribution is 2.28. The lowest BCUT2D eigenvalue weighted by molar-refractivity contribution is -0.117. The van der Waals surface area contributed by atoms with Gasteiger partial charge in [0, 0.05) is 41.3 Å². The number of carbonyl (C=O) groups is 2. The van der Waals surface area contributed by atoms with Crippen LogP contribution in [0.15, 0.2) is 42.5 Å². The van der Waals surface area contributed by atoms with Crippen molar-refractivity contribution in [3.63, 3.8) is 0 Å². The Labute approximate surface area is 157 Å². The van der Waals surface area contributed by atoms with Gasteiger partial charge in [0.05, 0.1) is 7.11 Å². The molecule has 1 saturated heterocycles. The first-order chi connectivity index (χ1) is 13.0. The Bertz CT molecular complexity index is 1040. The highest BCUT2D eigenvalue weighted by molar-refractivity contribution is 6.06. The van der Waals surface area contributed by atoms with Gasteiger partial charge >= 0.3 is 0 Å². The molecule has 3 aromatic rings. The molecule has 6 heteroatoms. The third kappa shape index (κ3) is 3.26. The molecule has 2 amide bonds. The molecule has 4 rings (SSSR count). The number of rotatable bonds is 4. The fourth-order valence-corrected chi connectivity index (χ4v) is 3.43. The molecule has 2 aromatic carbocycles. The number of fused-ring (bicyclic) bond motifs is 1. The number of ether oxygens (including phenoxy) is 1. The largest absolute Gasteiger partial charge is 0.497 e. The number of anilines is 2. The number of benzene rings is 2. The van der Waals surface area contributed by atoms with Gasteiger partial charge in [0.1, 0.15) is 11.4 Å². The second-order valence-corrected chi connectivity index (χ2v) is 6.74. The smallest absolute Gasteiger partial charge is 0.272 e. The highest BCUT2D eigenvalue weighted by Gasteiger charge is 2.23. The standard InChI is InChI=1S/C21H21N3O3/c1-13-5-7-15(11-19(13)24-9-3-4-20(24)25)22-21(26)18-10-14-6-8-16(27-2)12-17(14)23-18/h5-8,10-12,23H,3-4,9H2,1-2H3,(H,22,26). The minimum atomic E-state index is -0.229. The Kier molecular flexibility index (Phi) is 4.32. The molecular formula is C21H21N3O3. The van der Waals surface area contributed by atoms with Crippen molar-refractivity contribution in [1.29, 1.82) is 0 Å². The molecular weight excluding hydrogens is 342 g/mol. The van der Waals surface area contributed by atoms with E-state index in [1.54, 1.807) is 12.0 Å². The zero-order valence-electron chi connectivity index (χ0n) is 15.3. The molecule has 1 aliphatic rings. The van der Waals surface area contributed by atoms with Gasteiger partial charge in [-0.05, 0) is 49.2 Å². The van der Waals surface area contributed by atoms with Crippen LogP contribution in [-0.4, -0.2) is 30.5 Å². The van der Waals surface area contributed by atoms with Crippen LogP contribution in [0, 0.1) is 6.92 Å². The minimum Gasteiger partial charge on any atom is -0.497 e. The molecule has 0 bridgehead atoms. The van der Waals surface area contributed by atoms with E-state index in [1.807, 2.05) is 49.4 Å². The van der Waals surface area contributed by atoms with Crippen LogP contribution < -0.4 is 15.0 Å². The van der Waals surface area contributed by atoms with Crippen molar-refractivity contribution >= 4 is 34.1 Å². The normalized spacial score (nSPS) is 14.0. The van der Waals surface area contributed by atoms with E-state index >= 15 is 0 Å². The molecule has 27 heavy (non-hydrogen) atoms. The van der Waals surface area contributed by atoms with E-state index in [0.717, 1.165) is 40.9 Å². The summed E-state index contributed by atoms with van der Waals surface area (Å²) in [6.45, 7) is 2.69. The van der Waals surface area contributed by atoms with Crippen molar-refractivity contribution < 1.29 is 14.3 Å². The average Bonchev–Trinajstić information content (AvgIpc) is 3.28. The molecule has 138 valence electrons. The highest BCUT2D eigenvalue weighted by atomic mass is 16.5. The predicted molar refractivity (Wildman–Crippen MR) is 106 cm³/mol. The van der Waals surface area contributed by atoms with Gasteiger partial charge in [0.25, 0.3) is 5.91 Å². The number of hydrogen-bond donors (Lipinski definition) is 2. The summed E-state index contributed by atoms with van der Waals surface area (Å²) in [6.07, 6.45) is 1.45. The predicted octanol–water partition coefficient (Wildman–Crippen LogP) is 3.86. The number of nitrogens with one attached hydrogen (secondary N) is 2. The topological polar surface area (TPSA) is 74.4 Å². The van der Waals surface area contributed by atoms with Gasteiger partial charge in [-0.1, -0.05) is 6.07 Å². The molecule has 0 radical (unpaired) electrons. The number of nitrogens with zero attached hydrogens (tertiary/aromatic N) is 1. The molecule has 2 heterocycles. The second-order valence-electron chi connectivity index (χ2n) is 6.74. The summed E-state index contributed by atoms with van der Waals surface area (Å²) in [7, 11) is 1.61. The minimum absolute atomic E-state index is 0.131. The zero-order valence-corrected chi connectivity index (χ0v) is 15.3. The van der Waals surface area contributed by atoms with Crippen molar-refractivity contribution in [1.82, 2.24) is 4.98 Å². The van der Waals surface area contributed by atoms with Gasteiger partial charge in [-0.2, -0.15) is 0 Å². The third-order valence-corrected chi connectivity index (χ3v) is 4.91. The Morgan fingerprint density at radius 1 is 1.19 bits per heavy atom. The summed E-state index contributed by atoms with van der Waals surface area (Å²) < 4.78 is 5.22. The van der Waals surface area contributed by atoms with Gasteiger partial charge in [0.15, 0.2) is 0 Å². The van der Waals surface area contributed by atoms with Crippen LogP contribution in [-0.2, 0) is 4.79 Å². The maximum Gasteiger partial charge on any atom is 0.272 e. The van der Waals surface area contributed by atoms with E-state index in [-0.39, 0.29) is 11.8 Å². The molecule has 0 aliphatic carbocycles. The molecule has 1 fully saturated rings. The average molecular weight is 363 g/mol. The number of amides is 2. The van der Waals surface area contributed by atoms with Crippen molar-refractivity contribution in [3.8, 4) is 5.75 Å². The van der Waals surface area contributed by atoms with E-state index in [4.69, 9.17) is 4.74 Å². The van der Waals surface area contributed by atoms with E-state index in [1.165, 1.54) is 0 Å². The van der Waals surface area contributed by atoms with Crippen LogP contribution in [0.1, 0.15) is 28.9 Å². The summed E-state index contributed by atoms with van der Waals surface area (Å²) in [5.41, 5.74) is 3.85. The van der Waals surface area contributed by atoms with Gasteiger partial charge < -0.3 is 19.9 Å². The lowest BCUT2D eigenvalue weighted by Crippen LogP contribution is -2.24. The van der Waals surface area contributed by atoms with Crippen LogP contribution in [0.3, 0.4) is 0 Å². The van der Waals surface area contributed by atoms with Gasteiger partial charge in [-0.25, -0.2) is 0 Å². The Balaban J connectivity index is 1.58. The molecule has 0 unspecified atom stereocenters. The van der Waals surface area contributed by atoms with Crippen molar-refractivity contribution in [2.24, 2.45) is 0 Å². The Morgan fingerprint density at radius 2 is 2.04 bits per heavy atom. The van der Waals surface area contributed by atoms with E-state index in [2.05, 4.69) is 10.3 Å². The van der Waals surface area contributed by atoms with E-state index < -0.39 is 0 Å². The molecule has 2 N–H and O–H groups in total. The van der Waals surface area contributed by atoms with Crippen LogP contribution in [0.4, 0.5) is 11.4 Å². The van der Waals surface area contributed by atoms with Crippen LogP contribution >= 0.6 is 0 Å². The number of aromatic nitrogens is 1. The molecule has 6 nitrogen and oxygen atoms in total. The summed E-state index contributed by atoms with van der Waals surface area (Å²) in [5.74, 6) is 0.633. The van der Waals surface area contributed by atoms with Gasteiger partial charge in [-0.15, -0.1) is 0 Å². The number of carbonyl (C=O) groups excluding carboxylic acids is 2. The van der Waals surface area contributed by atoms with Gasteiger partial charge in [-0.3, -0.25) is 9.59 Å². The zero-order chi connectivity index (χ0) is 19.0. The number of aryl methyl sites for hydroxylation is 1. The summed E-state index contributed by atoms with van der Waals surface area (Å²) in [5, 5.41) is 3.85. The molecule has 0 spiro atoms. The first-order valence-corrected chi connectivity index (χ1v) is 8.94. The molecule has 1 aliphatic heterocycles. The first kappa shape index (κ1) is 17.1. The van der Waals surface area contributed by atoms with Crippen molar-refractivity contribution in [2.45, 2.75) is 19.8 Å². The quantitative estimate of drug-likeness (QED) is 0.739. The number of methoxy groups -OCH3 is 1. The maximum absolute atomic E-state index is 12.7. The SMILES string of the molecule is COc1ccc2cc(C(=O)Nc3ccc(C)c(N4CCCC4=O)c3)[nH]c2c1. The number of aromatic amines is 1. The second kappa shape index (κ2) is 6.79. The fraction of sp³-hybridized carbons (Fsp3) is 0.238. The fourth-order valence-electron chi connectivity index (χ4n) is 3.43. The summed E-state index contributed by atoms with van der Waals surface area (Å²) in [4.78, 5) is 29.6. The van der Waals surface area contributed by atoms with Crippen LogP contribution in [0.2, 0.25) is 0 Å². The van der Waals surface area contributed by atoms with Gasteiger partial charge in [0.2, 0.25) is 5.91 Å². The monoisotopic (exact) mass is 363 g/mol. The molecule has 1 aromatic heterocycles. The van der Waals surface area contributed by atoms with Crippen molar-refractivity contribution in [2.75, 3.05) is 23.9 Å². The number of hydrogen-bond acceptors (Lipinski definition) is 3. The Hall–Kier alpha value is -3.28. The molecule has 0 atom stereocenters. The Morgan fingerprint density at radius 3 is 2.78 bits per heavy atom. The van der Waals surface area contributed by atoms with Crippen molar-refractivity contribution in [3.05, 3.63) is 53.7 Å². The van der Waals surface area contributed by atoms with Crippen LogP contribution in [0.5, 0.6) is 5.75 Å². The third-order valence-electron chi connectivity index (χ3n) is 4.91. The molecule has 0 saturated carbocycles. The first-order valence-electron chi connectivity index (χ1n) is 8.94. The lowest BCUT2D eigenvalue weighted by Gasteiger charge is -2.19. The summed E-state index contributed by atoms with van der Waals surface area (Å²) in [6, 6.07) is 13.1. The van der Waals surface area contributed by atoms with E-state index in [9.17, 15) is 9.59 Å². The lowest BCUT2D eigenvalue weighted by atomic mass is 10.1. The van der Waals surface area contributed by atoms with E-state index in [0.29, 0.717) is 17.8 Å². The maximum atomic E-state index is 12.7. The summed E-state index contributed by atoms with van der Waals surface area (Å²) >= 11 is 0.